The third-order valence-electron chi connectivity index (χ3n) is 2.78. The molecular formula is C15H24N4O2. The van der Waals surface area contributed by atoms with E-state index in [1.54, 1.807) is 25.3 Å². The molecule has 6 nitrogen and oxygen atoms in total. The number of nitrogens with one attached hydrogen (secondary N) is 1. The molecule has 1 rings (SSSR count). The van der Waals surface area contributed by atoms with Crippen LogP contribution in [0.1, 0.15) is 10.4 Å². The quantitative estimate of drug-likeness (QED) is 0.498. The van der Waals surface area contributed by atoms with Gasteiger partial charge in [-0.2, -0.15) is 0 Å². The number of carbonyl (C=O) groups excluding carboxylic acids is 1. The fraction of sp³-hybridized carbons (Fsp3) is 0.467. The molecule has 0 fully saturated rings. The van der Waals surface area contributed by atoms with Gasteiger partial charge >= 0.3 is 0 Å². The van der Waals surface area contributed by atoms with Crippen LogP contribution in [0.4, 0.5) is 0 Å². The van der Waals surface area contributed by atoms with Gasteiger partial charge in [0.25, 0.3) is 5.91 Å². The molecule has 0 bridgehead atoms. The van der Waals surface area contributed by atoms with Crippen LogP contribution in [-0.2, 0) is 0 Å². The van der Waals surface area contributed by atoms with E-state index in [1.165, 1.54) is 0 Å². The first-order valence-electron chi connectivity index (χ1n) is 6.77. The maximum atomic E-state index is 12.0. The fourth-order valence-corrected chi connectivity index (χ4v) is 1.87. The zero-order chi connectivity index (χ0) is 15.8. The normalized spacial score (nSPS) is 9.76. The van der Waals surface area contributed by atoms with Crippen LogP contribution < -0.4 is 10.1 Å². The van der Waals surface area contributed by atoms with Crippen LogP contribution in [0.2, 0.25) is 0 Å². The lowest BCUT2D eigenvalue weighted by atomic mass is 10.2. The van der Waals surface area contributed by atoms with E-state index in [0.717, 1.165) is 5.96 Å². The van der Waals surface area contributed by atoms with Crippen molar-refractivity contribution in [2.75, 3.05) is 48.4 Å². The zero-order valence-electron chi connectivity index (χ0n) is 13.4. The van der Waals surface area contributed by atoms with Crippen molar-refractivity contribution < 1.29 is 9.53 Å². The molecule has 1 amide bonds. The maximum Gasteiger partial charge on any atom is 0.251 e. The molecule has 0 aliphatic rings. The molecule has 21 heavy (non-hydrogen) atoms. The van der Waals surface area contributed by atoms with Gasteiger partial charge < -0.3 is 19.9 Å². The van der Waals surface area contributed by atoms with Crippen LogP contribution in [0, 0.1) is 0 Å². The third kappa shape index (κ3) is 5.33. The first-order chi connectivity index (χ1) is 9.95. The highest BCUT2D eigenvalue weighted by atomic mass is 16.5. The van der Waals surface area contributed by atoms with Gasteiger partial charge in [0.1, 0.15) is 5.75 Å². The highest BCUT2D eigenvalue weighted by Crippen LogP contribution is 2.12. The van der Waals surface area contributed by atoms with Gasteiger partial charge in [-0.1, -0.05) is 6.07 Å². The van der Waals surface area contributed by atoms with Crippen LogP contribution in [0.5, 0.6) is 5.75 Å². The Morgan fingerprint density at radius 1 is 1.24 bits per heavy atom. The van der Waals surface area contributed by atoms with Gasteiger partial charge in [0.15, 0.2) is 5.96 Å². The summed E-state index contributed by atoms with van der Waals surface area (Å²) in [6.07, 6.45) is 0. The molecule has 0 atom stereocenters. The number of methoxy groups -OCH3 is 1. The summed E-state index contributed by atoms with van der Waals surface area (Å²) in [6, 6.07) is 7.07. The Morgan fingerprint density at radius 2 is 1.90 bits per heavy atom. The highest BCUT2D eigenvalue weighted by molar-refractivity contribution is 5.94. The molecule has 0 unspecified atom stereocenters. The van der Waals surface area contributed by atoms with Crippen LogP contribution in [0.25, 0.3) is 0 Å². The average Bonchev–Trinajstić information content (AvgIpc) is 2.46. The van der Waals surface area contributed by atoms with Crippen LogP contribution in [-0.4, -0.2) is 70.1 Å². The molecule has 116 valence electrons. The number of benzene rings is 1. The summed E-state index contributed by atoms with van der Waals surface area (Å²) in [5.41, 5.74) is 0.582. The molecule has 0 aliphatic carbocycles. The molecule has 0 saturated carbocycles. The second kappa shape index (κ2) is 8.14. The van der Waals surface area contributed by atoms with Crippen LogP contribution in [0.3, 0.4) is 0 Å². The summed E-state index contributed by atoms with van der Waals surface area (Å²) in [5.74, 6) is 1.41. The summed E-state index contributed by atoms with van der Waals surface area (Å²) in [6.45, 7) is 1.02. The summed E-state index contributed by atoms with van der Waals surface area (Å²) in [7, 11) is 9.33. The van der Waals surface area contributed by atoms with E-state index in [9.17, 15) is 4.79 Å². The number of carbonyl (C=O) groups is 1. The largest absolute Gasteiger partial charge is 0.497 e. The SMILES string of the molecule is COc1cccc(C(=O)NCCN=C(N(C)C)N(C)C)c1. The van der Waals surface area contributed by atoms with Crippen molar-refractivity contribution >= 4 is 11.9 Å². The van der Waals surface area contributed by atoms with Gasteiger partial charge in [0.05, 0.1) is 13.7 Å². The minimum Gasteiger partial charge on any atom is -0.497 e. The predicted octanol–water partition coefficient (Wildman–Crippen LogP) is 0.904. The Balaban J connectivity index is 2.51. The monoisotopic (exact) mass is 292 g/mol. The Morgan fingerprint density at radius 3 is 2.48 bits per heavy atom. The number of nitrogens with zero attached hydrogens (tertiary/aromatic N) is 3. The van der Waals surface area contributed by atoms with E-state index in [-0.39, 0.29) is 5.91 Å². The lowest BCUT2D eigenvalue weighted by Gasteiger charge is -2.22. The molecule has 0 radical (unpaired) electrons. The van der Waals surface area contributed by atoms with Gasteiger partial charge in [-0.25, -0.2) is 0 Å². The minimum atomic E-state index is -0.125. The Kier molecular flexibility index (Phi) is 6.52. The first kappa shape index (κ1) is 16.8. The minimum absolute atomic E-state index is 0.125. The number of rotatable bonds is 5. The fourth-order valence-electron chi connectivity index (χ4n) is 1.87. The van der Waals surface area contributed by atoms with Gasteiger partial charge in [-0.15, -0.1) is 0 Å². The number of aliphatic imine (C=N–C) groups is 1. The number of amides is 1. The lowest BCUT2D eigenvalue weighted by molar-refractivity contribution is 0.0954. The van der Waals surface area contributed by atoms with Crippen molar-refractivity contribution in [2.24, 2.45) is 4.99 Å². The van der Waals surface area contributed by atoms with Gasteiger partial charge in [-0.3, -0.25) is 9.79 Å². The molecule has 6 heteroatoms. The summed E-state index contributed by atoms with van der Waals surface area (Å²) < 4.78 is 5.10. The van der Waals surface area contributed by atoms with E-state index in [1.807, 2.05) is 44.1 Å². The maximum absolute atomic E-state index is 12.0. The topological polar surface area (TPSA) is 57.2 Å². The molecule has 0 heterocycles. The van der Waals surface area contributed by atoms with E-state index in [0.29, 0.717) is 24.4 Å². The smallest absolute Gasteiger partial charge is 0.251 e. The van der Waals surface area contributed by atoms with E-state index < -0.39 is 0 Å². The van der Waals surface area contributed by atoms with Crippen molar-refractivity contribution in [3.05, 3.63) is 29.8 Å². The van der Waals surface area contributed by atoms with Gasteiger partial charge in [0, 0.05) is 40.3 Å². The van der Waals surface area contributed by atoms with Crippen LogP contribution >= 0.6 is 0 Å². The second-order valence-corrected chi connectivity index (χ2v) is 4.96. The molecular weight excluding hydrogens is 268 g/mol. The van der Waals surface area contributed by atoms with Gasteiger partial charge in [-0.05, 0) is 18.2 Å². The molecule has 0 aliphatic heterocycles. The molecule has 0 saturated heterocycles. The Hall–Kier alpha value is -2.24. The summed E-state index contributed by atoms with van der Waals surface area (Å²) in [4.78, 5) is 20.3. The van der Waals surface area contributed by atoms with Gasteiger partial charge in [0.2, 0.25) is 0 Å². The van der Waals surface area contributed by atoms with E-state index in [2.05, 4.69) is 10.3 Å². The van der Waals surface area contributed by atoms with Crippen molar-refractivity contribution in [1.82, 2.24) is 15.1 Å². The van der Waals surface area contributed by atoms with E-state index in [4.69, 9.17) is 4.74 Å². The van der Waals surface area contributed by atoms with Crippen molar-refractivity contribution in [3.63, 3.8) is 0 Å². The van der Waals surface area contributed by atoms with Crippen molar-refractivity contribution in [3.8, 4) is 5.75 Å². The van der Waals surface area contributed by atoms with E-state index >= 15 is 0 Å². The standard InChI is InChI=1S/C15H24N4O2/c1-18(2)15(19(3)4)17-10-9-16-14(20)12-7-6-8-13(11-12)21-5/h6-8,11H,9-10H2,1-5H3,(H,16,20). The predicted molar refractivity (Wildman–Crippen MR) is 85.0 cm³/mol. The first-order valence-corrected chi connectivity index (χ1v) is 6.77. The second-order valence-electron chi connectivity index (χ2n) is 4.96. The number of hydrogen-bond acceptors (Lipinski definition) is 3. The number of hydrogen-bond donors (Lipinski definition) is 1. The van der Waals surface area contributed by atoms with Crippen LogP contribution in [0.15, 0.2) is 29.3 Å². The molecule has 1 aromatic rings. The Bertz CT molecular complexity index is 488. The highest BCUT2D eigenvalue weighted by Gasteiger charge is 2.06. The Labute approximate surface area is 126 Å². The average molecular weight is 292 g/mol. The lowest BCUT2D eigenvalue weighted by Crippen LogP contribution is -2.36. The van der Waals surface area contributed by atoms with Crippen molar-refractivity contribution in [1.29, 1.82) is 0 Å². The summed E-state index contributed by atoms with van der Waals surface area (Å²) >= 11 is 0. The molecule has 0 aromatic heterocycles. The third-order valence-corrected chi connectivity index (χ3v) is 2.78. The molecule has 0 spiro atoms. The zero-order valence-corrected chi connectivity index (χ0v) is 13.4. The molecule has 1 N–H and O–H groups in total. The number of ether oxygens (including phenoxy) is 1. The molecule has 1 aromatic carbocycles. The number of guanidine groups is 1. The summed E-state index contributed by atoms with van der Waals surface area (Å²) in [5, 5.41) is 2.84. The van der Waals surface area contributed by atoms with Crippen molar-refractivity contribution in [2.45, 2.75) is 0 Å².